The van der Waals surface area contributed by atoms with Crippen LogP contribution in [0.1, 0.15) is 23.0 Å². The molecule has 1 aliphatic rings. The Bertz CT molecular complexity index is 832. The molecule has 0 spiro atoms. The first-order chi connectivity index (χ1) is 13.6. The number of pyridine rings is 1. The number of amides is 2. The highest BCUT2D eigenvalue weighted by Crippen LogP contribution is 2.17. The summed E-state index contributed by atoms with van der Waals surface area (Å²) in [4.78, 5) is 32.1. The molecule has 3 rings (SSSR count). The third kappa shape index (κ3) is 5.00. The van der Waals surface area contributed by atoms with Gasteiger partial charge in [0.2, 0.25) is 5.91 Å². The third-order valence-electron chi connectivity index (χ3n) is 4.90. The molecule has 1 saturated heterocycles. The van der Waals surface area contributed by atoms with Crippen molar-refractivity contribution >= 4 is 17.5 Å². The van der Waals surface area contributed by atoms with Crippen molar-refractivity contribution in [2.24, 2.45) is 0 Å². The van der Waals surface area contributed by atoms with E-state index in [1.165, 1.54) is 0 Å². The van der Waals surface area contributed by atoms with E-state index in [1.807, 2.05) is 41.3 Å². The summed E-state index contributed by atoms with van der Waals surface area (Å²) >= 11 is 0. The van der Waals surface area contributed by atoms with Crippen molar-refractivity contribution in [2.45, 2.75) is 13.3 Å². The number of benzene rings is 1. The minimum absolute atomic E-state index is 0.102. The molecular weight excluding hydrogens is 356 g/mol. The van der Waals surface area contributed by atoms with Crippen molar-refractivity contribution < 1.29 is 14.3 Å². The summed E-state index contributed by atoms with van der Waals surface area (Å²) in [7, 11) is 1.64. The van der Waals surface area contributed by atoms with Crippen LogP contribution in [0.25, 0.3) is 0 Å². The highest BCUT2D eigenvalue weighted by Gasteiger charge is 2.19. The zero-order valence-electron chi connectivity index (χ0n) is 16.4. The van der Waals surface area contributed by atoms with Gasteiger partial charge in [-0.2, -0.15) is 0 Å². The molecule has 0 saturated carbocycles. The SMILES string of the molecule is COc1cccc(CCNC(=O)c2cc(N3CCN(C(C)=O)CC3)ccn2)c1. The van der Waals surface area contributed by atoms with Crippen LogP contribution in [0, 0.1) is 0 Å². The molecule has 0 unspecified atom stereocenters. The van der Waals surface area contributed by atoms with Crippen molar-refractivity contribution in [3.8, 4) is 5.75 Å². The molecule has 0 radical (unpaired) electrons. The van der Waals surface area contributed by atoms with Gasteiger partial charge in [0.25, 0.3) is 5.91 Å². The summed E-state index contributed by atoms with van der Waals surface area (Å²) < 4.78 is 5.22. The molecule has 0 atom stereocenters. The standard InChI is InChI=1S/C21H26N4O3/c1-16(26)24-10-12-25(13-11-24)18-7-9-22-20(15-18)21(27)23-8-6-17-4-3-5-19(14-17)28-2/h3-5,7,9,14-15H,6,8,10-13H2,1-2H3,(H,23,27). The molecule has 0 bridgehead atoms. The first kappa shape index (κ1) is 19.7. The van der Waals surface area contributed by atoms with Crippen LogP contribution in [-0.4, -0.2) is 61.5 Å². The van der Waals surface area contributed by atoms with Crippen LogP contribution in [0.2, 0.25) is 0 Å². The van der Waals surface area contributed by atoms with E-state index in [-0.39, 0.29) is 11.8 Å². The van der Waals surface area contributed by atoms with Gasteiger partial charge < -0.3 is 19.9 Å². The number of carbonyl (C=O) groups is 2. The lowest BCUT2D eigenvalue weighted by Crippen LogP contribution is -2.48. The predicted octanol–water partition coefficient (Wildman–Crippen LogP) is 1.73. The number of hydrogen-bond acceptors (Lipinski definition) is 5. The Balaban J connectivity index is 1.54. The molecular formula is C21H26N4O3. The number of hydrogen-bond donors (Lipinski definition) is 1. The van der Waals surface area contributed by atoms with Crippen molar-refractivity contribution in [3.05, 3.63) is 53.9 Å². The monoisotopic (exact) mass is 382 g/mol. The zero-order chi connectivity index (χ0) is 19.9. The topological polar surface area (TPSA) is 74.8 Å². The van der Waals surface area contributed by atoms with Crippen LogP contribution < -0.4 is 15.0 Å². The van der Waals surface area contributed by atoms with Crippen molar-refractivity contribution in [1.82, 2.24) is 15.2 Å². The van der Waals surface area contributed by atoms with E-state index in [0.717, 1.165) is 36.5 Å². The second-order valence-corrected chi connectivity index (χ2v) is 6.75. The predicted molar refractivity (Wildman–Crippen MR) is 108 cm³/mol. The summed E-state index contributed by atoms with van der Waals surface area (Å²) in [5, 5.41) is 2.92. The smallest absolute Gasteiger partial charge is 0.269 e. The van der Waals surface area contributed by atoms with E-state index in [9.17, 15) is 9.59 Å². The number of piperazine rings is 1. The van der Waals surface area contributed by atoms with Gasteiger partial charge >= 0.3 is 0 Å². The molecule has 1 aliphatic heterocycles. The minimum Gasteiger partial charge on any atom is -0.497 e. The molecule has 7 nitrogen and oxygen atoms in total. The van der Waals surface area contributed by atoms with Crippen LogP contribution in [0.4, 0.5) is 5.69 Å². The number of anilines is 1. The van der Waals surface area contributed by atoms with Gasteiger partial charge in [0, 0.05) is 51.5 Å². The first-order valence-electron chi connectivity index (χ1n) is 9.44. The van der Waals surface area contributed by atoms with Gasteiger partial charge in [-0.15, -0.1) is 0 Å². The maximum atomic E-state index is 12.5. The Morgan fingerprint density at radius 3 is 2.64 bits per heavy atom. The Hall–Kier alpha value is -3.09. The molecule has 2 heterocycles. The summed E-state index contributed by atoms with van der Waals surface area (Å²) in [6.07, 6.45) is 2.37. The lowest BCUT2D eigenvalue weighted by Gasteiger charge is -2.35. The van der Waals surface area contributed by atoms with E-state index in [0.29, 0.717) is 25.3 Å². The van der Waals surface area contributed by atoms with E-state index in [4.69, 9.17) is 4.74 Å². The Morgan fingerprint density at radius 2 is 1.93 bits per heavy atom. The lowest BCUT2D eigenvalue weighted by molar-refractivity contribution is -0.129. The largest absolute Gasteiger partial charge is 0.497 e. The van der Waals surface area contributed by atoms with Crippen molar-refractivity contribution in [1.29, 1.82) is 0 Å². The number of aromatic nitrogens is 1. The summed E-state index contributed by atoms with van der Waals surface area (Å²) in [5.41, 5.74) is 2.46. The fourth-order valence-corrected chi connectivity index (χ4v) is 3.26. The van der Waals surface area contributed by atoms with Crippen LogP contribution in [0.15, 0.2) is 42.6 Å². The van der Waals surface area contributed by atoms with Gasteiger partial charge in [0.1, 0.15) is 11.4 Å². The molecule has 0 aliphatic carbocycles. The number of nitrogens with zero attached hydrogens (tertiary/aromatic N) is 3. The number of carbonyl (C=O) groups excluding carboxylic acids is 2. The van der Waals surface area contributed by atoms with Crippen LogP contribution in [0.5, 0.6) is 5.75 Å². The third-order valence-corrected chi connectivity index (χ3v) is 4.90. The molecule has 2 aromatic rings. The minimum atomic E-state index is -0.188. The number of ether oxygens (including phenoxy) is 1. The maximum absolute atomic E-state index is 12.5. The number of methoxy groups -OCH3 is 1. The van der Waals surface area contributed by atoms with Crippen LogP contribution in [0.3, 0.4) is 0 Å². The fourth-order valence-electron chi connectivity index (χ4n) is 3.26. The van der Waals surface area contributed by atoms with E-state index < -0.39 is 0 Å². The Morgan fingerprint density at radius 1 is 1.14 bits per heavy atom. The van der Waals surface area contributed by atoms with Crippen LogP contribution in [-0.2, 0) is 11.2 Å². The molecule has 148 valence electrons. The average Bonchev–Trinajstić information content (AvgIpc) is 2.74. The maximum Gasteiger partial charge on any atom is 0.269 e. The molecule has 1 aromatic heterocycles. The normalized spacial score (nSPS) is 13.9. The lowest BCUT2D eigenvalue weighted by atomic mass is 10.1. The van der Waals surface area contributed by atoms with Crippen molar-refractivity contribution in [3.63, 3.8) is 0 Å². The number of rotatable bonds is 6. The molecule has 7 heteroatoms. The van der Waals surface area contributed by atoms with Gasteiger partial charge in [0.05, 0.1) is 7.11 Å². The van der Waals surface area contributed by atoms with Crippen LogP contribution >= 0.6 is 0 Å². The molecule has 2 amide bonds. The fraction of sp³-hybridized carbons (Fsp3) is 0.381. The highest BCUT2D eigenvalue weighted by atomic mass is 16.5. The zero-order valence-corrected chi connectivity index (χ0v) is 16.4. The summed E-state index contributed by atoms with van der Waals surface area (Å²) in [6, 6.07) is 11.5. The van der Waals surface area contributed by atoms with Gasteiger partial charge in [-0.1, -0.05) is 12.1 Å². The van der Waals surface area contributed by atoms with Gasteiger partial charge in [-0.25, -0.2) is 0 Å². The first-order valence-corrected chi connectivity index (χ1v) is 9.44. The Kier molecular flexibility index (Phi) is 6.47. The summed E-state index contributed by atoms with van der Waals surface area (Å²) in [5.74, 6) is 0.723. The highest BCUT2D eigenvalue weighted by molar-refractivity contribution is 5.93. The van der Waals surface area contributed by atoms with Gasteiger partial charge in [-0.05, 0) is 36.2 Å². The Labute approximate surface area is 165 Å². The van der Waals surface area contributed by atoms with E-state index >= 15 is 0 Å². The number of nitrogens with one attached hydrogen (secondary N) is 1. The second kappa shape index (κ2) is 9.21. The average molecular weight is 382 g/mol. The molecule has 28 heavy (non-hydrogen) atoms. The molecule has 1 N–H and O–H groups in total. The van der Waals surface area contributed by atoms with Gasteiger partial charge in [-0.3, -0.25) is 14.6 Å². The summed E-state index contributed by atoms with van der Waals surface area (Å²) in [6.45, 7) is 5.01. The van der Waals surface area contributed by atoms with Crippen molar-refractivity contribution in [2.75, 3.05) is 44.7 Å². The molecule has 1 aromatic carbocycles. The molecule has 1 fully saturated rings. The van der Waals surface area contributed by atoms with E-state index in [2.05, 4.69) is 15.2 Å². The quantitative estimate of drug-likeness (QED) is 0.824. The van der Waals surface area contributed by atoms with Gasteiger partial charge in [0.15, 0.2) is 0 Å². The second-order valence-electron chi connectivity index (χ2n) is 6.75. The van der Waals surface area contributed by atoms with E-state index in [1.54, 1.807) is 20.2 Å².